The lowest BCUT2D eigenvalue weighted by molar-refractivity contribution is 0.1000. The molecule has 2 rings (SSSR count). The van der Waals surface area contributed by atoms with Gasteiger partial charge in [0.15, 0.2) is 0 Å². The molecule has 4 heteroatoms. The molecule has 0 radical (unpaired) electrons. The summed E-state index contributed by atoms with van der Waals surface area (Å²) in [5.74, 6) is -0.429. The smallest absolute Gasteiger partial charge is 0.248 e. The Balaban J connectivity index is 2.47. The van der Waals surface area contributed by atoms with Crippen molar-refractivity contribution in [3.05, 3.63) is 33.8 Å². The first-order valence-corrected chi connectivity index (χ1v) is 6.63. The van der Waals surface area contributed by atoms with Gasteiger partial charge in [-0.2, -0.15) is 0 Å². The number of hydrogen-bond acceptors (Lipinski definition) is 2. The van der Waals surface area contributed by atoms with E-state index < -0.39 is 5.91 Å². The monoisotopic (exact) mass is 266 g/mol. The second kappa shape index (κ2) is 4.90. The van der Waals surface area contributed by atoms with Crippen LogP contribution >= 0.6 is 11.6 Å². The first-order valence-electron chi connectivity index (χ1n) is 6.25. The summed E-state index contributed by atoms with van der Waals surface area (Å²) in [5, 5.41) is 4.02. The second-order valence-corrected chi connectivity index (χ2v) is 5.73. The molecule has 1 aliphatic rings. The molecule has 0 spiro atoms. The molecule has 0 aromatic heterocycles. The average molecular weight is 267 g/mol. The standard InChI is InChI=1S/C14H19ClN2O/c1-9-7-10(13(16)18)8-11(15)12(9)14(2)3-5-17-6-4-14/h7-8,17H,3-6H2,1-2H3,(H2,16,18). The fourth-order valence-electron chi connectivity index (χ4n) is 2.88. The molecule has 0 bridgehead atoms. The van der Waals surface area contributed by atoms with Crippen molar-refractivity contribution < 1.29 is 4.79 Å². The Labute approximate surface area is 113 Å². The summed E-state index contributed by atoms with van der Waals surface area (Å²) in [6.45, 7) is 6.25. The first kappa shape index (κ1) is 13.4. The maximum absolute atomic E-state index is 11.2. The molecule has 1 amide bonds. The Morgan fingerprint density at radius 3 is 2.50 bits per heavy atom. The molecule has 3 nitrogen and oxygen atoms in total. The Morgan fingerprint density at radius 1 is 1.39 bits per heavy atom. The van der Waals surface area contributed by atoms with Crippen LogP contribution in [0.4, 0.5) is 0 Å². The van der Waals surface area contributed by atoms with Gasteiger partial charge < -0.3 is 11.1 Å². The number of amides is 1. The summed E-state index contributed by atoms with van der Waals surface area (Å²) in [5.41, 5.74) is 8.10. The highest BCUT2D eigenvalue weighted by Gasteiger charge is 2.32. The van der Waals surface area contributed by atoms with E-state index in [1.165, 1.54) is 0 Å². The van der Waals surface area contributed by atoms with Crippen molar-refractivity contribution in [3.8, 4) is 0 Å². The lowest BCUT2D eigenvalue weighted by Crippen LogP contribution is -2.38. The normalized spacial score (nSPS) is 18.6. The minimum atomic E-state index is -0.429. The van der Waals surface area contributed by atoms with Gasteiger partial charge in [0.2, 0.25) is 5.91 Å². The summed E-state index contributed by atoms with van der Waals surface area (Å²) < 4.78 is 0. The highest BCUT2D eigenvalue weighted by atomic mass is 35.5. The number of aryl methyl sites for hydroxylation is 1. The van der Waals surface area contributed by atoms with Crippen LogP contribution in [0.1, 0.15) is 41.3 Å². The molecule has 1 aliphatic heterocycles. The lowest BCUT2D eigenvalue weighted by Gasteiger charge is -2.36. The van der Waals surface area contributed by atoms with Gasteiger partial charge in [0, 0.05) is 10.6 Å². The Bertz CT molecular complexity index is 456. The van der Waals surface area contributed by atoms with Crippen LogP contribution < -0.4 is 11.1 Å². The minimum Gasteiger partial charge on any atom is -0.366 e. The quantitative estimate of drug-likeness (QED) is 0.864. The highest BCUT2D eigenvalue weighted by Crippen LogP contribution is 2.39. The number of benzene rings is 1. The SMILES string of the molecule is Cc1cc(C(N)=O)cc(Cl)c1C1(C)CCNCC1. The number of hydrogen-bond donors (Lipinski definition) is 2. The summed E-state index contributed by atoms with van der Waals surface area (Å²) in [6.07, 6.45) is 2.12. The van der Waals surface area contributed by atoms with E-state index in [9.17, 15) is 4.79 Å². The summed E-state index contributed by atoms with van der Waals surface area (Å²) in [7, 11) is 0. The van der Waals surface area contributed by atoms with Crippen LogP contribution in [0.2, 0.25) is 5.02 Å². The zero-order valence-electron chi connectivity index (χ0n) is 10.8. The molecule has 1 fully saturated rings. The third kappa shape index (κ3) is 2.38. The van der Waals surface area contributed by atoms with E-state index in [2.05, 4.69) is 12.2 Å². The number of nitrogens with two attached hydrogens (primary N) is 1. The van der Waals surface area contributed by atoms with Crippen LogP contribution in [0.3, 0.4) is 0 Å². The Morgan fingerprint density at radius 2 is 2.00 bits per heavy atom. The van der Waals surface area contributed by atoms with E-state index >= 15 is 0 Å². The van der Waals surface area contributed by atoms with Gasteiger partial charge in [-0.1, -0.05) is 18.5 Å². The lowest BCUT2D eigenvalue weighted by atomic mass is 9.73. The topological polar surface area (TPSA) is 55.1 Å². The van der Waals surface area contributed by atoms with Gasteiger partial charge in [0.05, 0.1) is 0 Å². The molecule has 3 N–H and O–H groups in total. The predicted molar refractivity (Wildman–Crippen MR) is 74.2 cm³/mol. The molecule has 0 atom stereocenters. The van der Waals surface area contributed by atoms with Crippen LogP contribution in [-0.4, -0.2) is 19.0 Å². The Hall–Kier alpha value is -1.06. The van der Waals surface area contributed by atoms with Crippen LogP contribution in [0, 0.1) is 6.92 Å². The molecular weight excluding hydrogens is 248 g/mol. The van der Waals surface area contributed by atoms with Crippen molar-refractivity contribution in [3.63, 3.8) is 0 Å². The highest BCUT2D eigenvalue weighted by molar-refractivity contribution is 6.32. The summed E-state index contributed by atoms with van der Waals surface area (Å²) in [4.78, 5) is 11.2. The van der Waals surface area contributed by atoms with Gasteiger partial charge in [-0.25, -0.2) is 0 Å². The third-order valence-electron chi connectivity index (χ3n) is 3.88. The van der Waals surface area contributed by atoms with Gasteiger partial charge in [0.25, 0.3) is 0 Å². The maximum Gasteiger partial charge on any atom is 0.248 e. The van der Waals surface area contributed by atoms with Crippen molar-refractivity contribution >= 4 is 17.5 Å². The number of primary amides is 1. The molecule has 0 saturated carbocycles. The van der Waals surface area contributed by atoms with Gasteiger partial charge in [-0.15, -0.1) is 0 Å². The van der Waals surface area contributed by atoms with Gasteiger partial charge in [-0.3, -0.25) is 4.79 Å². The first-order chi connectivity index (χ1) is 8.44. The fraction of sp³-hybridized carbons (Fsp3) is 0.500. The van der Waals surface area contributed by atoms with Crippen LogP contribution in [-0.2, 0) is 5.41 Å². The van der Waals surface area contributed by atoms with Gasteiger partial charge in [-0.05, 0) is 61.5 Å². The number of piperidine rings is 1. The van der Waals surface area contributed by atoms with Crippen molar-refractivity contribution in [2.24, 2.45) is 5.73 Å². The molecule has 1 aromatic carbocycles. The van der Waals surface area contributed by atoms with E-state index in [1.54, 1.807) is 6.07 Å². The number of rotatable bonds is 2. The van der Waals surface area contributed by atoms with Crippen molar-refractivity contribution in [2.45, 2.75) is 32.1 Å². The van der Waals surface area contributed by atoms with Crippen LogP contribution in [0.15, 0.2) is 12.1 Å². The average Bonchev–Trinajstić information content (AvgIpc) is 2.28. The molecule has 0 aliphatic carbocycles. The third-order valence-corrected chi connectivity index (χ3v) is 4.18. The number of halogens is 1. The fourth-order valence-corrected chi connectivity index (χ4v) is 3.37. The van der Waals surface area contributed by atoms with E-state index in [0.717, 1.165) is 37.1 Å². The van der Waals surface area contributed by atoms with E-state index in [-0.39, 0.29) is 5.41 Å². The largest absolute Gasteiger partial charge is 0.366 e. The summed E-state index contributed by atoms with van der Waals surface area (Å²) >= 11 is 6.37. The van der Waals surface area contributed by atoms with Crippen molar-refractivity contribution in [1.29, 1.82) is 0 Å². The molecule has 1 saturated heterocycles. The van der Waals surface area contributed by atoms with Crippen LogP contribution in [0.5, 0.6) is 0 Å². The van der Waals surface area contributed by atoms with Crippen molar-refractivity contribution in [1.82, 2.24) is 5.32 Å². The zero-order valence-corrected chi connectivity index (χ0v) is 11.6. The molecule has 1 heterocycles. The molecule has 0 unspecified atom stereocenters. The Kier molecular flexibility index (Phi) is 3.64. The molecule has 98 valence electrons. The number of nitrogens with one attached hydrogen (secondary N) is 1. The maximum atomic E-state index is 11.2. The molecule has 18 heavy (non-hydrogen) atoms. The molecule has 1 aromatic rings. The van der Waals surface area contributed by atoms with E-state index in [1.807, 2.05) is 13.0 Å². The van der Waals surface area contributed by atoms with E-state index in [0.29, 0.717) is 10.6 Å². The molecular formula is C14H19ClN2O. The van der Waals surface area contributed by atoms with Gasteiger partial charge >= 0.3 is 0 Å². The van der Waals surface area contributed by atoms with E-state index in [4.69, 9.17) is 17.3 Å². The second-order valence-electron chi connectivity index (χ2n) is 5.32. The summed E-state index contributed by atoms with van der Waals surface area (Å²) in [6, 6.07) is 3.54. The predicted octanol–water partition coefficient (Wildman–Crippen LogP) is 2.39. The minimum absolute atomic E-state index is 0.0859. The number of carbonyl (C=O) groups excluding carboxylic acids is 1. The van der Waals surface area contributed by atoms with Crippen molar-refractivity contribution in [2.75, 3.05) is 13.1 Å². The van der Waals surface area contributed by atoms with Crippen LogP contribution in [0.25, 0.3) is 0 Å². The van der Waals surface area contributed by atoms with Gasteiger partial charge in [0.1, 0.15) is 0 Å². The number of carbonyl (C=O) groups is 1. The zero-order chi connectivity index (χ0) is 13.3.